The van der Waals surface area contributed by atoms with E-state index in [2.05, 4.69) is 15.3 Å². The number of hydrogen-bond donors (Lipinski definition) is 4. The summed E-state index contributed by atoms with van der Waals surface area (Å²) in [4.78, 5) is 8.09. The number of alkyl halides is 3. The number of aromatic nitrogens is 2. The summed E-state index contributed by atoms with van der Waals surface area (Å²) in [7, 11) is 0. The van der Waals surface area contributed by atoms with Gasteiger partial charge in [0.15, 0.2) is 0 Å². The average Bonchev–Trinajstić information content (AvgIpc) is 2.70. The maximum atomic E-state index is 12.4. The van der Waals surface area contributed by atoms with Gasteiger partial charge in [-0.3, -0.25) is 0 Å². The number of rotatable bonds is 4. The van der Waals surface area contributed by atoms with Crippen molar-refractivity contribution in [3.8, 4) is 0 Å². The number of aryl methyl sites for hydroxylation is 1. The lowest BCUT2D eigenvalue weighted by atomic mass is 9.85. The van der Waals surface area contributed by atoms with Gasteiger partial charge in [-0.05, 0) is 50.6 Å². The molecule has 0 radical (unpaired) electrons. The van der Waals surface area contributed by atoms with Gasteiger partial charge in [0.25, 0.3) is 0 Å². The third-order valence-electron chi connectivity index (χ3n) is 4.66. The molecule has 164 valence electrons. The van der Waals surface area contributed by atoms with Gasteiger partial charge < -0.3 is 21.2 Å². The zero-order chi connectivity index (χ0) is 22.2. The normalized spacial score (nSPS) is 16.1. The van der Waals surface area contributed by atoms with E-state index < -0.39 is 17.3 Å². The molecule has 0 atom stereocenters. The quantitative estimate of drug-likeness (QED) is 0.439. The van der Waals surface area contributed by atoms with Crippen LogP contribution in [0.3, 0.4) is 0 Å². The molecule has 0 unspecified atom stereocenters. The minimum absolute atomic E-state index is 0.526. The van der Waals surface area contributed by atoms with Crippen molar-refractivity contribution in [2.75, 3.05) is 13.1 Å². The van der Waals surface area contributed by atoms with E-state index in [1.54, 1.807) is 18.6 Å². The molecule has 1 aliphatic rings. The Bertz CT molecular complexity index is 803. The lowest BCUT2D eigenvalue weighted by Crippen LogP contribution is -2.39. The van der Waals surface area contributed by atoms with Gasteiger partial charge in [-0.1, -0.05) is 12.1 Å². The molecular formula is C20H27F3N6O. The molecule has 1 saturated heterocycles. The predicted molar refractivity (Wildman–Crippen MR) is 107 cm³/mol. The molecule has 2 heterocycles. The van der Waals surface area contributed by atoms with Gasteiger partial charge in [-0.2, -0.15) is 13.2 Å². The lowest BCUT2D eigenvalue weighted by molar-refractivity contribution is -0.137. The van der Waals surface area contributed by atoms with Crippen LogP contribution in [-0.2, 0) is 18.3 Å². The van der Waals surface area contributed by atoms with Crippen LogP contribution in [0.25, 0.3) is 0 Å². The fourth-order valence-electron chi connectivity index (χ4n) is 2.97. The van der Waals surface area contributed by atoms with Gasteiger partial charge in [0, 0.05) is 30.4 Å². The van der Waals surface area contributed by atoms with Gasteiger partial charge >= 0.3 is 6.18 Å². The van der Waals surface area contributed by atoms with Crippen molar-refractivity contribution in [3.05, 3.63) is 71.6 Å². The number of nitrogens with one attached hydrogen (secondary N) is 1. The molecular weight excluding hydrogens is 397 g/mol. The van der Waals surface area contributed by atoms with Gasteiger partial charge in [0.1, 0.15) is 5.82 Å². The van der Waals surface area contributed by atoms with E-state index in [0.29, 0.717) is 38.0 Å². The second-order valence-corrected chi connectivity index (χ2v) is 7.01. The lowest BCUT2D eigenvalue weighted by Gasteiger charge is -2.33. The van der Waals surface area contributed by atoms with E-state index in [-0.39, 0.29) is 0 Å². The molecule has 0 amide bonds. The Hall–Kier alpha value is -2.69. The molecule has 0 aliphatic carbocycles. The number of halogens is 3. The summed E-state index contributed by atoms with van der Waals surface area (Å²) in [5.74, 6) is 6.32. The molecule has 0 spiro atoms. The Morgan fingerprint density at radius 3 is 2.23 bits per heavy atom. The van der Waals surface area contributed by atoms with Crippen LogP contribution in [0.4, 0.5) is 13.2 Å². The summed E-state index contributed by atoms with van der Waals surface area (Å²) in [5, 5.41) is 14.9. The van der Waals surface area contributed by atoms with Crippen LogP contribution in [0.1, 0.15) is 35.4 Å². The summed E-state index contributed by atoms with van der Waals surface area (Å²) < 4.78 is 37.2. The first-order valence-electron chi connectivity index (χ1n) is 9.42. The number of aliphatic hydroxyl groups is 1. The maximum Gasteiger partial charge on any atom is 0.416 e. The Balaban J connectivity index is 0.000000222. The van der Waals surface area contributed by atoms with Crippen molar-refractivity contribution in [1.82, 2.24) is 20.3 Å². The third-order valence-corrected chi connectivity index (χ3v) is 4.66. The molecule has 3 rings (SSSR count). The van der Waals surface area contributed by atoms with Crippen molar-refractivity contribution in [3.63, 3.8) is 0 Å². The summed E-state index contributed by atoms with van der Waals surface area (Å²) in [6.45, 7) is 3.74. The highest BCUT2D eigenvalue weighted by Gasteiger charge is 2.33. The molecule has 1 fully saturated rings. The predicted octanol–water partition coefficient (Wildman–Crippen LogP) is 2.17. The third kappa shape index (κ3) is 6.97. The molecule has 2 aromatic rings. The molecule has 7 nitrogen and oxygen atoms in total. The van der Waals surface area contributed by atoms with Crippen LogP contribution < -0.4 is 16.9 Å². The zero-order valence-corrected chi connectivity index (χ0v) is 16.7. The van der Waals surface area contributed by atoms with Crippen molar-refractivity contribution < 1.29 is 18.3 Å². The van der Waals surface area contributed by atoms with Crippen LogP contribution in [0.2, 0.25) is 0 Å². The monoisotopic (exact) mass is 424 g/mol. The number of nitrogens with two attached hydrogens (primary N) is 2. The van der Waals surface area contributed by atoms with Gasteiger partial charge in [-0.25, -0.2) is 15.8 Å². The van der Waals surface area contributed by atoms with Crippen molar-refractivity contribution in [2.24, 2.45) is 11.6 Å². The molecule has 1 aromatic carbocycles. The molecule has 1 aromatic heterocycles. The summed E-state index contributed by atoms with van der Waals surface area (Å²) in [6, 6.07) is 4.78. The molecule has 0 saturated carbocycles. The van der Waals surface area contributed by atoms with E-state index in [1.807, 2.05) is 6.92 Å². The van der Waals surface area contributed by atoms with E-state index in [1.165, 1.54) is 23.3 Å². The Morgan fingerprint density at radius 2 is 1.73 bits per heavy atom. The minimum Gasteiger partial charge on any atom is -0.403 e. The second-order valence-electron chi connectivity index (χ2n) is 7.01. The molecule has 6 N–H and O–H groups in total. The minimum atomic E-state index is -4.32. The Morgan fingerprint density at radius 1 is 1.17 bits per heavy atom. The molecule has 10 heteroatoms. The van der Waals surface area contributed by atoms with Crippen LogP contribution in [0.5, 0.6) is 0 Å². The fourth-order valence-corrected chi connectivity index (χ4v) is 2.97. The Kier molecular flexibility index (Phi) is 8.16. The van der Waals surface area contributed by atoms with Crippen LogP contribution in [0.15, 0.2) is 49.1 Å². The fraction of sp³-hybridized carbons (Fsp3) is 0.400. The summed E-state index contributed by atoms with van der Waals surface area (Å²) in [6.07, 6.45) is 3.18. The van der Waals surface area contributed by atoms with E-state index >= 15 is 0 Å². The van der Waals surface area contributed by atoms with Crippen molar-refractivity contribution in [1.29, 1.82) is 0 Å². The van der Waals surface area contributed by atoms with Crippen LogP contribution >= 0.6 is 0 Å². The molecule has 30 heavy (non-hydrogen) atoms. The Labute approximate surface area is 173 Å². The van der Waals surface area contributed by atoms with Crippen LogP contribution in [0, 0.1) is 6.92 Å². The maximum absolute atomic E-state index is 12.4. The van der Waals surface area contributed by atoms with E-state index in [9.17, 15) is 18.3 Å². The largest absolute Gasteiger partial charge is 0.416 e. The highest BCUT2D eigenvalue weighted by molar-refractivity contribution is 5.29. The van der Waals surface area contributed by atoms with Gasteiger partial charge in [0.05, 0.1) is 17.7 Å². The molecule has 1 aliphatic heterocycles. The number of hydrogen-bond acceptors (Lipinski definition) is 7. The first kappa shape index (κ1) is 23.6. The van der Waals surface area contributed by atoms with E-state index in [4.69, 9.17) is 11.6 Å². The molecule has 0 bridgehead atoms. The number of benzene rings is 1. The smallest absolute Gasteiger partial charge is 0.403 e. The van der Waals surface area contributed by atoms with E-state index in [0.717, 1.165) is 23.5 Å². The summed E-state index contributed by atoms with van der Waals surface area (Å²) >= 11 is 0. The average molecular weight is 424 g/mol. The highest BCUT2D eigenvalue weighted by atomic mass is 19.4. The number of piperidine rings is 1. The first-order chi connectivity index (χ1) is 14.1. The van der Waals surface area contributed by atoms with Crippen LogP contribution in [-0.4, -0.2) is 33.2 Å². The van der Waals surface area contributed by atoms with Gasteiger partial charge in [0.2, 0.25) is 0 Å². The topological polar surface area (TPSA) is 113 Å². The number of hydrazine groups is 1. The second kappa shape index (κ2) is 10.4. The first-order valence-corrected chi connectivity index (χ1v) is 9.42. The van der Waals surface area contributed by atoms with Crippen molar-refractivity contribution in [2.45, 2.75) is 38.1 Å². The SMILES string of the molecule is Cc1ncc(CN(N)/C=C\N)cn1.OC1(c2ccc(C(F)(F)F)cc2)CCNCC1. The number of nitrogens with zero attached hydrogens (tertiary/aromatic N) is 3. The summed E-state index contributed by atoms with van der Waals surface area (Å²) in [5.41, 5.74) is 5.01. The zero-order valence-electron chi connectivity index (χ0n) is 16.7. The van der Waals surface area contributed by atoms with Crippen molar-refractivity contribution >= 4 is 0 Å². The standard InChI is InChI=1S/C12H14F3NO.C8H13N5/c13-12(14,15)10-3-1-9(2-4-10)11(17)5-7-16-8-6-11;1-7-11-4-8(5-12-7)6-13(10)3-2-9/h1-4,16-17H,5-8H2;2-5H,6,9-10H2,1H3/b;3-2-. The van der Waals surface area contributed by atoms with Gasteiger partial charge in [-0.15, -0.1) is 0 Å². The highest BCUT2D eigenvalue weighted by Crippen LogP contribution is 2.34.